The van der Waals surface area contributed by atoms with Crippen molar-refractivity contribution < 1.29 is 14.7 Å². The lowest BCUT2D eigenvalue weighted by molar-refractivity contribution is -0.142. The van der Waals surface area contributed by atoms with Crippen molar-refractivity contribution in [2.24, 2.45) is 0 Å². The molecule has 1 atom stereocenters. The number of nitrogens with one attached hydrogen (secondary N) is 1. The van der Waals surface area contributed by atoms with E-state index in [-0.39, 0.29) is 5.91 Å². The van der Waals surface area contributed by atoms with Crippen LogP contribution in [-0.2, 0) is 4.79 Å². The highest BCUT2D eigenvalue weighted by atomic mass is 16.4. The molecule has 1 unspecified atom stereocenters. The average molecular weight is 277 g/mol. The zero-order chi connectivity index (χ0) is 14.8. The molecule has 2 heterocycles. The molecule has 2 rings (SSSR count). The second kappa shape index (κ2) is 5.48. The number of hydrogen-bond acceptors (Lipinski definition) is 4. The van der Waals surface area contributed by atoms with E-state index in [0.29, 0.717) is 25.2 Å². The third-order valence-electron chi connectivity index (χ3n) is 3.73. The molecular weight excluding hydrogens is 258 g/mol. The Morgan fingerprint density at radius 1 is 1.55 bits per heavy atom. The molecule has 20 heavy (non-hydrogen) atoms. The van der Waals surface area contributed by atoms with Gasteiger partial charge in [-0.1, -0.05) is 0 Å². The predicted molar refractivity (Wildman–Crippen MR) is 74.9 cm³/mol. The van der Waals surface area contributed by atoms with E-state index in [1.165, 1.54) is 0 Å². The molecular formula is C14H19N3O3. The zero-order valence-electron chi connectivity index (χ0n) is 11.7. The summed E-state index contributed by atoms with van der Waals surface area (Å²) in [6.45, 7) is 4.75. The maximum atomic E-state index is 11.8. The van der Waals surface area contributed by atoms with Crippen molar-refractivity contribution in [3.8, 4) is 0 Å². The van der Waals surface area contributed by atoms with Gasteiger partial charge in [-0.05, 0) is 38.8 Å². The molecule has 0 spiro atoms. The first-order chi connectivity index (χ1) is 9.49. The molecule has 1 aromatic heterocycles. The summed E-state index contributed by atoms with van der Waals surface area (Å²) in [5.74, 6) is -1.09. The Balaban J connectivity index is 2.31. The molecule has 0 saturated carbocycles. The van der Waals surface area contributed by atoms with Crippen LogP contribution in [0.4, 0.5) is 5.69 Å². The van der Waals surface area contributed by atoms with E-state index in [1.807, 2.05) is 11.8 Å². The van der Waals surface area contributed by atoms with Gasteiger partial charge in [0.05, 0.1) is 0 Å². The largest absolute Gasteiger partial charge is 0.480 e. The normalized spacial score (nSPS) is 21.8. The van der Waals surface area contributed by atoms with Crippen LogP contribution in [0.2, 0.25) is 0 Å². The Bertz CT molecular complexity index is 532. The number of carboxylic acid groups (broad SMARTS) is 1. The van der Waals surface area contributed by atoms with Gasteiger partial charge in [-0.2, -0.15) is 0 Å². The van der Waals surface area contributed by atoms with Crippen LogP contribution >= 0.6 is 0 Å². The first-order valence-corrected chi connectivity index (χ1v) is 6.74. The minimum absolute atomic E-state index is 0.245. The molecule has 1 fully saturated rings. The second-order valence-electron chi connectivity index (χ2n) is 5.09. The fraction of sp³-hybridized carbons (Fsp3) is 0.500. The number of aliphatic carboxylic acids is 1. The van der Waals surface area contributed by atoms with E-state index in [2.05, 4.69) is 10.3 Å². The van der Waals surface area contributed by atoms with E-state index in [9.17, 15) is 14.7 Å². The Hall–Kier alpha value is -2.11. The minimum atomic E-state index is -0.917. The number of carbonyl (C=O) groups is 2. The molecule has 1 aliphatic rings. The van der Waals surface area contributed by atoms with Gasteiger partial charge in [0.1, 0.15) is 11.2 Å². The van der Waals surface area contributed by atoms with Crippen LogP contribution in [0.3, 0.4) is 0 Å². The van der Waals surface area contributed by atoms with Crippen LogP contribution in [0, 0.1) is 0 Å². The lowest BCUT2D eigenvalue weighted by Gasteiger charge is -2.33. The van der Waals surface area contributed by atoms with Crippen molar-refractivity contribution in [3.05, 3.63) is 24.0 Å². The summed E-state index contributed by atoms with van der Waals surface area (Å²) in [7, 11) is 0. The first kappa shape index (κ1) is 14.3. The van der Waals surface area contributed by atoms with E-state index in [4.69, 9.17) is 0 Å². The molecule has 0 bridgehead atoms. The fourth-order valence-electron chi connectivity index (χ4n) is 2.56. The van der Waals surface area contributed by atoms with Gasteiger partial charge in [0.25, 0.3) is 5.91 Å². The number of carbonyl (C=O) groups excluding carboxylic acids is 1. The summed E-state index contributed by atoms with van der Waals surface area (Å²) < 4.78 is 0. The van der Waals surface area contributed by atoms with Gasteiger partial charge in [-0.3, -0.25) is 9.78 Å². The third-order valence-corrected chi connectivity index (χ3v) is 3.73. The zero-order valence-corrected chi connectivity index (χ0v) is 11.7. The van der Waals surface area contributed by atoms with Crippen LogP contribution in [0.25, 0.3) is 0 Å². The van der Waals surface area contributed by atoms with Gasteiger partial charge in [0, 0.05) is 25.0 Å². The summed E-state index contributed by atoms with van der Waals surface area (Å²) in [5.41, 5.74) is 0.118. The molecule has 6 nitrogen and oxygen atoms in total. The molecule has 1 amide bonds. The van der Waals surface area contributed by atoms with Gasteiger partial charge in [-0.15, -0.1) is 0 Å². The summed E-state index contributed by atoms with van der Waals surface area (Å²) in [4.78, 5) is 29.2. The number of nitrogens with zero attached hydrogens (tertiary/aromatic N) is 2. The van der Waals surface area contributed by atoms with Gasteiger partial charge in [0.2, 0.25) is 0 Å². The van der Waals surface area contributed by atoms with Gasteiger partial charge < -0.3 is 15.3 Å². The number of hydrogen-bond donors (Lipinski definition) is 2. The highest BCUT2D eigenvalue weighted by Gasteiger charge is 2.43. The molecule has 1 aromatic rings. The van der Waals surface area contributed by atoms with Crippen molar-refractivity contribution in [3.63, 3.8) is 0 Å². The summed E-state index contributed by atoms with van der Waals surface area (Å²) >= 11 is 0. The Morgan fingerprint density at radius 3 is 2.95 bits per heavy atom. The quantitative estimate of drug-likeness (QED) is 0.866. The van der Waals surface area contributed by atoms with E-state index < -0.39 is 11.5 Å². The van der Waals surface area contributed by atoms with Crippen LogP contribution < -0.4 is 10.2 Å². The first-order valence-electron chi connectivity index (χ1n) is 6.74. The standard InChI is InChI=1S/C14H19N3O3/c1-3-15-12(18)11-9-10(5-7-16-11)17-8-4-6-14(17,2)13(19)20/h5,7,9H,3-4,6,8H2,1-2H3,(H,15,18)(H,19,20). The highest BCUT2D eigenvalue weighted by molar-refractivity contribution is 5.93. The Morgan fingerprint density at radius 2 is 2.30 bits per heavy atom. The third kappa shape index (κ3) is 2.45. The lowest BCUT2D eigenvalue weighted by Crippen LogP contribution is -2.48. The summed E-state index contributed by atoms with van der Waals surface area (Å²) in [6.07, 6.45) is 2.96. The van der Waals surface area contributed by atoms with E-state index in [0.717, 1.165) is 12.1 Å². The summed E-state index contributed by atoms with van der Waals surface area (Å²) in [5, 5.41) is 12.1. The van der Waals surface area contributed by atoms with E-state index in [1.54, 1.807) is 25.3 Å². The maximum Gasteiger partial charge on any atom is 0.329 e. The molecule has 1 aliphatic heterocycles. The predicted octanol–water partition coefficient (Wildman–Crippen LogP) is 1.27. The Labute approximate surface area is 117 Å². The molecule has 1 saturated heterocycles. The molecule has 0 aromatic carbocycles. The van der Waals surface area contributed by atoms with Gasteiger partial charge in [0.15, 0.2) is 0 Å². The lowest BCUT2D eigenvalue weighted by atomic mass is 9.99. The van der Waals surface area contributed by atoms with Crippen molar-refractivity contribution in [1.82, 2.24) is 10.3 Å². The van der Waals surface area contributed by atoms with Crippen molar-refractivity contribution in [2.75, 3.05) is 18.0 Å². The number of pyridine rings is 1. The van der Waals surface area contributed by atoms with Crippen LogP contribution in [-0.4, -0.2) is 40.6 Å². The number of rotatable bonds is 4. The number of amides is 1. The maximum absolute atomic E-state index is 11.8. The SMILES string of the molecule is CCNC(=O)c1cc(N2CCCC2(C)C(=O)O)ccn1. The van der Waals surface area contributed by atoms with Crippen molar-refractivity contribution in [2.45, 2.75) is 32.2 Å². The van der Waals surface area contributed by atoms with Crippen LogP contribution in [0.5, 0.6) is 0 Å². The molecule has 6 heteroatoms. The summed E-state index contributed by atoms with van der Waals surface area (Å²) in [6, 6.07) is 3.40. The van der Waals surface area contributed by atoms with Gasteiger partial charge >= 0.3 is 5.97 Å². The molecule has 2 N–H and O–H groups in total. The second-order valence-corrected chi connectivity index (χ2v) is 5.09. The molecule has 0 aliphatic carbocycles. The van der Waals surface area contributed by atoms with Crippen LogP contribution in [0.1, 0.15) is 37.2 Å². The molecule has 0 radical (unpaired) electrons. The highest BCUT2D eigenvalue weighted by Crippen LogP contribution is 2.34. The number of carboxylic acids is 1. The van der Waals surface area contributed by atoms with E-state index >= 15 is 0 Å². The number of anilines is 1. The molecule has 108 valence electrons. The van der Waals surface area contributed by atoms with Crippen molar-refractivity contribution in [1.29, 1.82) is 0 Å². The monoisotopic (exact) mass is 277 g/mol. The van der Waals surface area contributed by atoms with Crippen molar-refractivity contribution >= 4 is 17.6 Å². The van der Waals surface area contributed by atoms with Gasteiger partial charge in [-0.25, -0.2) is 4.79 Å². The number of aromatic nitrogens is 1. The Kier molecular flexibility index (Phi) is 3.92. The van der Waals surface area contributed by atoms with Crippen LogP contribution in [0.15, 0.2) is 18.3 Å². The fourth-order valence-corrected chi connectivity index (χ4v) is 2.56. The average Bonchev–Trinajstić information content (AvgIpc) is 2.83. The topological polar surface area (TPSA) is 82.5 Å². The minimum Gasteiger partial charge on any atom is -0.480 e. The smallest absolute Gasteiger partial charge is 0.329 e.